The number of nitrogens with zero attached hydrogens (tertiary/aromatic N) is 2. The number of carbonyl (C=O) groups excluding carboxylic acids is 2. The van der Waals surface area contributed by atoms with Crippen LogP contribution in [0.5, 0.6) is 0 Å². The van der Waals surface area contributed by atoms with E-state index in [9.17, 15) is 14.4 Å². The van der Waals surface area contributed by atoms with Crippen molar-refractivity contribution in [2.75, 3.05) is 13.2 Å². The van der Waals surface area contributed by atoms with Crippen molar-refractivity contribution in [2.45, 2.75) is 52.5 Å². The van der Waals surface area contributed by atoms with Crippen LogP contribution in [0.2, 0.25) is 0 Å². The van der Waals surface area contributed by atoms with E-state index in [1.807, 2.05) is 37.3 Å². The van der Waals surface area contributed by atoms with Gasteiger partial charge in [0.15, 0.2) is 0 Å². The lowest BCUT2D eigenvalue weighted by Gasteiger charge is -2.27. The number of aromatic nitrogens is 2. The highest BCUT2D eigenvalue weighted by Gasteiger charge is 2.36. The Bertz CT molecular complexity index is 907. The lowest BCUT2D eigenvalue weighted by Crippen LogP contribution is -2.36. The van der Waals surface area contributed by atoms with E-state index in [1.54, 1.807) is 27.0 Å². The van der Waals surface area contributed by atoms with Crippen LogP contribution in [0, 0.1) is 6.92 Å². The van der Waals surface area contributed by atoms with Crippen LogP contribution in [-0.2, 0) is 37.4 Å². The third kappa shape index (κ3) is 5.31. The Morgan fingerprint density at radius 3 is 2.38 bits per heavy atom. The summed E-state index contributed by atoms with van der Waals surface area (Å²) in [5.41, 5.74) is 0.423. The number of rotatable bonds is 9. The van der Waals surface area contributed by atoms with Gasteiger partial charge in [0.25, 0.3) is 5.56 Å². The first-order chi connectivity index (χ1) is 13.8. The highest BCUT2D eigenvalue weighted by atomic mass is 16.5. The molecule has 0 radical (unpaired) electrons. The molecule has 0 aliphatic heterocycles. The Morgan fingerprint density at radius 2 is 1.76 bits per heavy atom. The minimum Gasteiger partial charge on any atom is -0.465 e. The van der Waals surface area contributed by atoms with Crippen LogP contribution < -0.4 is 5.56 Å². The molecule has 0 saturated carbocycles. The molecule has 0 bridgehead atoms. The standard InChI is InChI=1S/C22H28N2O5/c1-5-28-19(25)15-24-16(3)14-23-18(20(24)26)12-13-22(4,21(27)29-6-2)17-10-8-7-9-11-17/h7-11,14H,5-6,12-13,15H2,1-4H3. The topological polar surface area (TPSA) is 87.5 Å². The smallest absolute Gasteiger partial charge is 0.326 e. The van der Waals surface area contributed by atoms with E-state index in [-0.39, 0.29) is 37.7 Å². The molecule has 2 aromatic rings. The molecule has 7 nitrogen and oxygen atoms in total. The van der Waals surface area contributed by atoms with Crippen molar-refractivity contribution < 1.29 is 19.1 Å². The number of hydrogen-bond acceptors (Lipinski definition) is 6. The molecule has 0 aliphatic rings. The first-order valence-electron chi connectivity index (χ1n) is 9.77. The fourth-order valence-corrected chi connectivity index (χ4v) is 3.14. The quantitative estimate of drug-likeness (QED) is 0.601. The molecule has 1 atom stereocenters. The van der Waals surface area contributed by atoms with Crippen LogP contribution in [0.1, 0.15) is 44.1 Å². The van der Waals surface area contributed by atoms with Crippen LogP contribution in [0.25, 0.3) is 0 Å². The normalized spacial score (nSPS) is 12.8. The Morgan fingerprint density at radius 1 is 1.10 bits per heavy atom. The van der Waals surface area contributed by atoms with Gasteiger partial charge in [-0.1, -0.05) is 30.3 Å². The highest BCUT2D eigenvalue weighted by Crippen LogP contribution is 2.30. The van der Waals surface area contributed by atoms with Crippen LogP contribution in [0.15, 0.2) is 41.3 Å². The van der Waals surface area contributed by atoms with Gasteiger partial charge in [-0.3, -0.25) is 23.9 Å². The van der Waals surface area contributed by atoms with Gasteiger partial charge in [-0.05, 0) is 46.1 Å². The van der Waals surface area contributed by atoms with Crippen LogP contribution >= 0.6 is 0 Å². The van der Waals surface area contributed by atoms with Gasteiger partial charge in [-0.2, -0.15) is 0 Å². The van der Waals surface area contributed by atoms with Gasteiger partial charge in [0.1, 0.15) is 12.2 Å². The molecule has 1 heterocycles. The van der Waals surface area contributed by atoms with E-state index in [4.69, 9.17) is 9.47 Å². The molecule has 1 aromatic heterocycles. The maximum Gasteiger partial charge on any atom is 0.326 e. The zero-order valence-electron chi connectivity index (χ0n) is 17.4. The van der Waals surface area contributed by atoms with Crippen molar-refractivity contribution in [3.63, 3.8) is 0 Å². The number of ether oxygens (including phenoxy) is 2. The molecular weight excluding hydrogens is 372 g/mol. The molecule has 0 saturated heterocycles. The summed E-state index contributed by atoms with van der Waals surface area (Å²) in [5.74, 6) is -0.819. The van der Waals surface area contributed by atoms with E-state index >= 15 is 0 Å². The molecular formula is C22H28N2O5. The third-order valence-electron chi connectivity index (χ3n) is 4.92. The number of benzene rings is 1. The molecule has 0 aliphatic carbocycles. The van der Waals surface area contributed by atoms with E-state index < -0.39 is 11.4 Å². The maximum absolute atomic E-state index is 12.9. The highest BCUT2D eigenvalue weighted by molar-refractivity contribution is 5.82. The summed E-state index contributed by atoms with van der Waals surface area (Å²) in [4.78, 5) is 41.7. The Balaban J connectivity index is 2.31. The molecule has 0 N–H and O–H groups in total. The van der Waals surface area contributed by atoms with Crippen molar-refractivity contribution in [3.8, 4) is 0 Å². The summed E-state index contributed by atoms with van der Waals surface area (Å²) >= 11 is 0. The van der Waals surface area contributed by atoms with Crippen molar-refractivity contribution in [1.29, 1.82) is 0 Å². The minimum absolute atomic E-state index is 0.165. The number of esters is 2. The number of aryl methyl sites for hydroxylation is 2. The largest absolute Gasteiger partial charge is 0.465 e. The summed E-state index contributed by atoms with van der Waals surface area (Å²) in [7, 11) is 0. The number of hydrogen-bond donors (Lipinski definition) is 0. The predicted molar refractivity (Wildman–Crippen MR) is 109 cm³/mol. The monoisotopic (exact) mass is 400 g/mol. The fourth-order valence-electron chi connectivity index (χ4n) is 3.14. The second kappa shape index (κ2) is 10.0. The third-order valence-corrected chi connectivity index (χ3v) is 4.92. The molecule has 156 valence electrons. The van der Waals surface area contributed by atoms with E-state index in [2.05, 4.69) is 4.98 Å². The number of carbonyl (C=O) groups is 2. The minimum atomic E-state index is -0.914. The van der Waals surface area contributed by atoms with Crippen molar-refractivity contribution >= 4 is 11.9 Å². The van der Waals surface area contributed by atoms with Crippen LogP contribution in [-0.4, -0.2) is 34.7 Å². The van der Waals surface area contributed by atoms with Crippen molar-refractivity contribution in [2.24, 2.45) is 0 Å². The molecule has 0 amide bonds. The zero-order valence-corrected chi connectivity index (χ0v) is 17.4. The van der Waals surface area contributed by atoms with Gasteiger partial charge in [0.2, 0.25) is 0 Å². The fraction of sp³-hybridized carbons (Fsp3) is 0.455. The second-order valence-electron chi connectivity index (χ2n) is 6.96. The van der Waals surface area contributed by atoms with E-state index in [0.29, 0.717) is 17.8 Å². The predicted octanol–water partition coefficient (Wildman–Crippen LogP) is 2.57. The Hall–Kier alpha value is -2.96. The molecule has 7 heteroatoms. The first-order valence-corrected chi connectivity index (χ1v) is 9.77. The van der Waals surface area contributed by atoms with E-state index in [0.717, 1.165) is 5.56 Å². The summed E-state index contributed by atoms with van der Waals surface area (Å²) in [6.45, 7) is 7.36. The molecule has 0 spiro atoms. The lowest BCUT2D eigenvalue weighted by atomic mass is 9.78. The van der Waals surface area contributed by atoms with Gasteiger partial charge in [0.05, 0.1) is 18.6 Å². The molecule has 29 heavy (non-hydrogen) atoms. The molecule has 0 fully saturated rings. The van der Waals surface area contributed by atoms with Crippen molar-refractivity contribution in [1.82, 2.24) is 9.55 Å². The maximum atomic E-state index is 12.9. The summed E-state index contributed by atoms with van der Waals surface area (Å²) in [6.07, 6.45) is 2.17. The van der Waals surface area contributed by atoms with E-state index in [1.165, 1.54) is 4.57 Å². The van der Waals surface area contributed by atoms with Crippen LogP contribution in [0.4, 0.5) is 0 Å². The zero-order chi connectivity index (χ0) is 21.4. The molecule has 1 unspecified atom stereocenters. The summed E-state index contributed by atoms with van der Waals surface area (Å²) in [5, 5.41) is 0. The summed E-state index contributed by atoms with van der Waals surface area (Å²) < 4.78 is 11.6. The van der Waals surface area contributed by atoms with Gasteiger partial charge in [0, 0.05) is 11.9 Å². The van der Waals surface area contributed by atoms with Gasteiger partial charge >= 0.3 is 11.9 Å². The molecule has 2 rings (SSSR count). The average Bonchev–Trinajstić information content (AvgIpc) is 2.71. The Kier molecular flexibility index (Phi) is 7.70. The van der Waals surface area contributed by atoms with Crippen molar-refractivity contribution in [3.05, 3.63) is 63.8 Å². The second-order valence-corrected chi connectivity index (χ2v) is 6.96. The lowest BCUT2D eigenvalue weighted by molar-refractivity contribution is -0.150. The van der Waals surface area contributed by atoms with Gasteiger partial charge in [-0.15, -0.1) is 0 Å². The molecule has 1 aromatic carbocycles. The first kappa shape index (κ1) is 22.3. The summed E-state index contributed by atoms with van der Waals surface area (Å²) in [6, 6.07) is 9.36. The Labute approximate surface area is 170 Å². The van der Waals surface area contributed by atoms with Gasteiger partial charge < -0.3 is 9.47 Å². The average molecular weight is 400 g/mol. The SMILES string of the molecule is CCOC(=O)Cn1c(C)cnc(CCC(C)(C(=O)OCC)c2ccccc2)c1=O. The van der Waals surface area contributed by atoms with Crippen LogP contribution in [0.3, 0.4) is 0 Å². The van der Waals surface area contributed by atoms with Gasteiger partial charge in [-0.25, -0.2) is 0 Å².